The SMILES string of the molecule is CCc1ccc2nc(N3C(=O)C(=O)/C(=C(/O)c4ccc(C)cc4)[C@H]3c3ccccc3F)sc2c1. The van der Waals surface area contributed by atoms with E-state index in [-0.39, 0.29) is 22.0 Å². The Morgan fingerprint density at radius 3 is 2.53 bits per heavy atom. The number of ketones is 1. The summed E-state index contributed by atoms with van der Waals surface area (Å²) < 4.78 is 15.9. The maximum Gasteiger partial charge on any atom is 0.301 e. The minimum absolute atomic E-state index is 0.115. The molecule has 0 unspecified atom stereocenters. The van der Waals surface area contributed by atoms with Crippen molar-refractivity contribution in [3.8, 4) is 0 Å². The number of rotatable bonds is 4. The van der Waals surface area contributed by atoms with Crippen LogP contribution in [0.15, 0.2) is 72.3 Å². The van der Waals surface area contributed by atoms with Crippen LogP contribution in [0.3, 0.4) is 0 Å². The fourth-order valence-electron chi connectivity index (χ4n) is 4.17. The van der Waals surface area contributed by atoms with Crippen molar-refractivity contribution in [2.45, 2.75) is 26.3 Å². The quantitative estimate of drug-likeness (QED) is 0.227. The highest BCUT2D eigenvalue weighted by molar-refractivity contribution is 7.22. The fourth-order valence-corrected chi connectivity index (χ4v) is 5.22. The van der Waals surface area contributed by atoms with E-state index in [0.29, 0.717) is 11.1 Å². The maximum absolute atomic E-state index is 15.0. The first-order valence-corrected chi connectivity index (χ1v) is 11.7. The number of Topliss-reactive ketones (excluding diaryl/α,β-unsaturated/α-hetero) is 1. The van der Waals surface area contributed by atoms with Crippen LogP contribution in [0.5, 0.6) is 0 Å². The monoisotopic (exact) mass is 472 g/mol. The Balaban J connectivity index is 1.73. The molecule has 0 radical (unpaired) electrons. The maximum atomic E-state index is 15.0. The number of aliphatic hydroxyl groups excluding tert-OH is 1. The predicted molar refractivity (Wildman–Crippen MR) is 131 cm³/mol. The van der Waals surface area contributed by atoms with Gasteiger partial charge in [-0.1, -0.05) is 72.4 Å². The number of carbonyl (C=O) groups is 2. The van der Waals surface area contributed by atoms with E-state index in [1.165, 1.54) is 34.4 Å². The van der Waals surface area contributed by atoms with Crippen molar-refractivity contribution >= 4 is 44.1 Å². The third-order valence-corrected chi connectivity index (χ3v) is 7.04. The van der Waals surface area contributed by atoms with Gasteiger partial charge in [0.05, 0.1) is 15.8 Å². The van der Waals surface area contributed by atoms with Crippen LogP contribution < -0.4 is 4.90 Å². The molecule has 1 aliphatic rings. The van der Waals surface area contributed by atoms with Gasteiger partial charge in [-0.25, -0.2) is 9.37 Å². The summed E-state index contributed by atoms with van der Waals surface area (Å²) >= 11 is 1.26. The van der Waals surface area contributed by atoms with Crippen molar-refractivity contribution in [3.05, 3.63) is 100 Å². The summed E-state index contributed by atoms with van der Waals surface area (Å²) in [5.41, 5.74) is 3.11. The van der Waals surface area contributed by atoms with Gasteiger partial charge in [-0.2, -0.15) is 0 Å². The molecule has 2 heterocycles. The van der Waals surface area contributed by atoms with Crippen LogP contribution in [0.2, 0.25) is 0 Å². The van der Waals surface area contributed by atoms with Crippen LogP contribution in [-0.2, 0) is 16.0 Å². The number of hydrogen-bond donors (Lipinski definition) is 1. The first-order valence-electron chi connectivity index (χ1n) is 10.9. The Hall–Kier alpha value is -3.84. The number of hydrogen-bond acceptors (Lipinski definition) is 5. The van der Waals surface area contributed by atoms with Gasteiger partial charge in [-0.3, -0.25) is 14.5 Å². The number of benzene rings is 3. The average molecular weight is 473 g/mol. The number of thiazole rings is 1. The van der Waals surface area contributed by atoms with Gasteiger partial charge in [-0.05, 0) is 37.1 Å². The molecule has 1 aromatic heterocycles. The molecule has 0 spiro atoms. The van der Waals surface area contributed by atoms with Gasteiger partial charge < -0.3 is 5.11 Å². The standard InChI is InChI=1S/C27H21FN2O3S/c1-3-16-10-13-20-21(14-16)34-27(29-20)30-23(18-6-4-5-7-19(18)28)22(25(32)26(30)33)24(31)17-11-8-15(2)9-12-17/h4-14,23,31H,3H2,1-2H3/b24-22+/t23-/m1/s1. The Labute approximate surface area is 199 Å². The van der Waals surface area contributed by atoms with Gasteiger partial charge >= 0.3 is 5.91 Å². The molecule has 1 aliphatic heterocycles. The molecule has 0 saturated carbocycles. The number of aromatic nitrogens is 1. The van der Waals surface area contributed by atoms with E-state index >= 15 is 4.39 Å². The molecule has 170 valence electrons. The molecule has 34 heavy (non-hydrogen) atoms. The number of aliphatic hydroxyl groups is 1. The largest absolute Gasteiger partial charge is 0.507 e. The number of halogens is 1. The smallest absolute Gasteiger partial charge is 0.301 e. The molecule has 1 amide bonds. The van der Waals surface area contributed by atoms with E-state index < -0.39 is 23.5 Å². The number of amides is 1. The lowest BCUT2D eigenvalue weighted by Gasteiger charge is -2.23. The summed E-state index contributed by atoms with van der Waals surface area (Å²) in [5, 5.41) is 11.4. The second kappa shape index (κ2) is 8.50. The zero-order chi connectivity index (χ0) is 24.0. The van der Waals surface area contributed by atoms with Crippen LogP contribution in [0.25, 0.3) is 16.0 Å². The number of carbonyl (C=O) groups excluding carboxylic acids is 2. The lowest BCUT2D eigenvalue weighted by molar-refractivity contribution is -0.132. The van der Waals surface area contributed by atoms with Crippen molar-refractivity contribution in [1.29, 1.82) is 0 Å². The first-order chi connectivity index (χ1) is 16.4. The average Bonchev–Trinajstić information content (AvgIpc) is 3.37. The zero-order valence-corrected chi connectivity index (χ0v) is 19.4. The van der Waals surface area contributed by atoms with E-state index in [1.54, 1.807) is 30.3 Å². The molecular weight excluding hydrogens is 451 g/mol. The van der Waals surface area contributed by atoms with Crippen molar-refractivity contribution in [3.63, 3.8) is 0 Å². The highest BCUT2D eigenvalue weighted by Gasteiger charge is 2.49. The van der Waals surface area contributed by atoms with Crippen molar-refractivity contribution in [1.82, 2.24) is 4.98 Å². The van der Waals surface area contributed by atoms with Crippen molar-refractivity contribution in [2.75, 3.05) is 4.90 Å². The molecule has 4 aromatic rings. The molecule has 5 nitrogen and oxygen atoms in total. The van der Waals surface area contributed by atoms with E-state index in [9.17, 15) is 14.7 Å². The number of fused-ring (bicyclic) bond motifs is 1. The molecule has 0 bridgehead atoms. The normalized spacial score (nSPS) is 17.6. The minimum atomic E-state index is -1.14. The predicted octanol–water partition coefficient (Wildman–Crippen LogP) is 5.93. The lowest BCUT2D eigenvalue weighted by atomic mass is 9.95. The molecule has 1 saturated heterocycles. The molecule has 0 aliphatic carbocycles. The van der Waals surface area contributed by atoms with Crippen molar-refractivity contribution in [2.24, 2.45) is 0 Å². The van der Waals surface area contributed by atoms with Gasteiger partial charge in [-0.15, -0.1) is 0 Å². The first kappa shape index (κ1) is 22.0. The molecule has 1 atom stereocenters. The Morgan fingerprint density at radius 1 is 1.09 bits per heavy atom. The Morgan fingerprint density at radius 2 is 1.82 bits per heavy atom. The second-order valence-corrected chi connectivity index (χ2v) is 9.22. The van der Waals surface area contributed by atoms with Crippen LogP contribution in [-0.4, -0.2) is 21.8 Å². The molecule has 7 heteroatoms. The highest BCUT2D eigenvalue weighted by atomic mass is 32.1. The van der Waals surface area contributed by atoms with Crippen LogP contribution >= 0.6 is 11.3 Å². The summed E-state index contributed by atoms with van der Waals surface area (Å²) in [6.45, 7) is 3.95. The fraction of sp³-hybridized carbons (Fsp3) is 0.148. The molecule has 5 rings (SSSR count). The summed E-state index contributed by atoms with van der Waals surface area (Å²) in [6, 6.07) is 17.6. The minimum Gasteiger partial charge on any atom is -0.507 e. The summed E-state index contributed by atoms with van der Waals surface area (Å²) in [4.78, 5) is 32.3. The van der Waals surface area contributed by atoms with Gasteiger partial charge in [0.2, 0.25) is 0 Å². The lowest BCUT2D eigenvalue weighted by Crippen LogP contribution is -2.29. The van der Waals surface area contributed by atoms with Crippen molar-refractivity contribution < 1.29 is 19.1 Å². The van der Waals surface area contributed by atoms with E-state index in [0.717, 1.165) is 22.2 Å². The van der Waals surface area contributed by atoms with E-state index in [4.69, 9.17) is 0 Å². The summed E-state index contributed by atoms with van der Waals surface area (Å²) in [7, 11) is 0. The van der Waals surface area contributed by atoms with Gasteiger partial charge in [0.25, 0.3) is 5.78 Å². The van der Waals surface area contributed by atoms with Gasteiger partial charge in [0, 0.05) is 11.1 Å². The number of nitrogens with zero attached hydrogens (tertiary/aromatic N) is 2. The molecule has 3 aromatic carbocycles. The highest BCUT2D eigenvalue weighted by Crippen LogP contribution is 2.45. The van der Waals surface area contributed by atoms with Gasteiger partial charge in [0.1, 0.15) is 17.6 Å². The third kappa shape index (κ3) is 3.58. The van der Waals surface area contributed by atoms with Gasteiger partial charge in [0.15, 0.2) is 5.13 Å². The van der Waals surface area contributed by atoms with E-state index in [2.05, 4.69) is 4.98 Å². The topological polar surface area (TPSA) is 70.5 Å². The second-order valence-electron chi connectivity index (χ2n) is 8.21. The molecular formula is C27H21FN2O3S. The molecule has 1 fully saturated rings. The summed E-state index contributed by atoms with van der Waals surface area (Å²) in [5.74, 6) is -2.65. The number of aryl methyl sites for hydroxylation is 2. The van der Waals surface area contributed by atoms with Crippen LogP contribution in [0, 0.1) is 12.7 Å². The van der Waals surface area contributed by atoms with Crippen LogP contribution in [0.4, 0.5) is 9.52 Å². The summed E-state index contributed by atoms with van der Waals surface area (Å²) in [6.07, 6.45) is 0.847. The Kier molecular flexibility index (Phi) is 5.49. The number of anilines is 1. The van der Waals surface area contributed by atoms with Crippen LogP contribution in [0.1, 0.15) is 35.2 Å². The third-order valence-electron chi connectivity index (χ3n) is 6.03. The zero-order valence-electron chi connectivity index (χ0n) is 18.6. The van der Waals surface area contributed by atoms with E-state index in [1.807, 2.05) is 32.0 Å². The Bertz CT molecular complexity index is 1470. The molecule has 1 N–H and O–H groups in total.